The van der Waals surface area contributed by atoms with E-state index in [1.54, 1.807) is 38.3 Å². The first kappa shape index (κ1) is 19.6. The predicted octanol–water partition coefficient (Wildman–Crippen LogP) is 3.63. The lowest BCUT2D eigenvalue weighted by Gasteiger charge is -2.21. The second-order valence-corrected chi connectivity index (χ2v) is 5.99. The van der Waals surface area contributed by atoms with Crippen LogP contribution in [-0.2, 0) is 11.3 Å². The minimum absolute atomic E-state index is 0.145. The highest BCUT2D eigenvalue weighted by Gasteiger charge is 2.14. The van der Waals surface area contributed by atoms with Crippen LogP contribution >= 0.6 is 0 Å². The van der Waals surface area contributed by atoms with Crippen molar-refractivity contribution in [2.75, 3.05) is 25.1 Å². The molecule has 0 saturated carbocycles. The first-order valence-electron chi connectivity index (χ1n) is 8.99. The van der Waals surface area contributed by atoms with Crippen molar-refractivity contribution in [2.24, 2.45) is 0 Å². The number of amides is 1. The van der Waals surface area contributed by atoms with Gasteiger partial charge in [0.1, 0.15) is 11.5 Å². The quantitative estimate of drug-likeness (QED) is 0.745. The van der Waals surface area contributed by atoms with Gasteiger partial charge in [-0.2, -0.15) is 0 Å². The molecule has 2 rings (SSSR count). The number of nitrogens with one attached hydrogen (secondary N) is 1. The van der Waals surface area contributed by atoms with Crippen LogP contribution < -0.4 is 19.7 Å². The van der Waals surface area contributed by atoms with Gasteiger partial charge in [0.05, 0.1) is 7.11 Å². The summed E-state index contributed by atoms with van der Waals surface area (Å²) in [6, 6.07) is 15.4. The fourth-order valence-corrected chi connectivity index (χ4v) is 2.66. The van der Waals surface area contributed by atoms with E-state index >= 15 is 0 Å². The van der Waals surface area contributed by atoms with Crippen molar-refractivity contribution in [1.29, 1.82) is 0 Å². The zero-order valence-electron chi connectivity index (χ0n) is 16.0. The number of hydrogen-bond acceptors (Lipinski definition) is 4. The third-order valence-electron chi connectivity index (χ3n) is 4.27. The normalized spacial score (nSPS) is 11.5. The van der Waals surface area contributed by atoms with E-state index in [-0.39, 0.29) is 5.91 Å². The van der Waals surface area contributed by atoms with Crippen LogP contribution in [0.1, 0.15) is 26.3 Å². The Balaban J connectivity index is 1.84. The lowest BCUT2D eigenvalue weighted by Crippen LogP contribution is -2.35. The summed E-state index contributed by atoms with van der Waals surface area (Å²) in [5.41, 5.74) is 2.26. The zero-order valence-corrected chi connectivity index (χ0v) is 16.0. The number of benzene rings is 2. The summed E-state index contributed by atoms with van der Waals surface area (Å²) >= 11 is 0. The molecule has 1 amide bonds. The summed E-state index contributed by atoms with van der Waals surface area (Å²) in [7, 11) is 1.61. The Morgan fingerprint density at radius 3 is 2.12 bits per heavy atom. The Labute approximate surface area is 155 Å². The Morgan fingerprint density at radius 1 is 1.00 bits per heavy atom. The van der Waals surface area contributed by atoms with Gasteiger partial charge in [-0.05, 0) is 62.7 Å². The maximum absolute atomic E-state index is 12.2. The molecule has 140 valence electrons. The standard InChI is InChI=1S/C21H28N2O3/c1-5-23(6-2)18-9-7-17(8-10-18)15-22-21(24)16(3)26-20-13-11-19(25-4)12-14-20/h7-14,16H,5-6,15H2,1-4H3,(H,22,24)/t16-/m1/s1. The number of carbonyl (C=O) groups excluding carboxylic acids is 1. The molecule has 26 heavy (non-hydrogen) atoms. The van der Waals surface area contributed by atoms with E-state index in [1.807, 2.05) is 12.1 Å². The summed E-state index contributed by atoms with van der Waals surface area (Å²) in [5.74, 6) is 1.24. The van der Waals surface area contributed by atoms with Crippen molar-refractivity contribution in [3.8, 4) is 11.5 Å². The van der Waals surface area contributed by atoms with E-state index < -0.39 is 6.10 Å². The predicted molar refractivity (Wildman–Crippen MR) is 105 cm³/mol. The van der Waals surface area contributed by atoms with Crippen LogP contribution in [0.25, 0.3) is 0 Å². The Bertz CT molecular complexity index is 679. The molecular weight excluding hydrogens is 328 g/mol. The van der Waals surface area contributed by atoms with Gasteiger partial charge in [0.25, 0.3) is 5.91 Å². The average Bonchev–Trinajstić information content (AvgIpc) is 2.68. The van der Waals surface area contributed by atoms with Crippen LogP contribution in [0.3, 0.4) is 0 Å². The molecule has 5 nitrogen and oxygen atoms in total. The van der Waals surface area contributed by atoms with E-state index in [9.17, 15) is 4.79 Å². The molecule has 2 aromatic carbocycles. The fraction of sp³-hybridized carbons (Fsp3) is 0.381. The summed E-state index contributed by atoms with van der Waals surface area (Å²) in [6.45, 7) is 8.46. The molecule has 0 heterocycles. The van der Waals surface area contributed by atoms with E-state index in [1.165, 1.54) is 5.69 Å². The van der Waals surface area contributed by atoms with Crippen LogP contribution in [-0.4, -0.2) is 32.2 Å². The molecule has 0 fully saturated rings. The van der Waals surface area contributed by atoms with Crippen LogP contribution in [0.2, 0.25) is 0 Å². The van der Waals surface area contributed by atoms with Crippen molar-refractivity contribution < 1.29 is 14.3 Å². The Morgan fingerprint density at radius 2 is 1.58 bits per heavy atom. The van der Waals surface area contributed by atoms with Gasteiger partial charge in [-0.3, -0.25) is 4.79 Å². The van der Waals surface area contributed by atoms with Crippen molar-refractivity contribution in [3.05, 3.63) is 54.1 Å². The lowest BCUT2D eigenvalue weighted by atomic mass is 10.2. The Hall–Kier alpha value is -2.69. The van der Waals surface area contributed by atoms with Crippen LogP contribution in [0.4, 0.5) is 5.69 Å². The highest BCUT2D eigenvalue weighted by atomic mass is 16.5. The summed E-state index contributed by atoms with van der Waals surface area (Å²) in [4.78, 5) is 14.5. The van der Waals surface area contributed by atoms with Gasteiger partial charge < -0.3 is 19.7 Å². The number of anilines is 1. The molecule has 0 radical (unpaired) electrons. The van der Waals surface area contributed by atoms with Crippen molar-refractivity contribution in [3.63, 3.8) is 0 Å². The highest BCUT2D eigenvalue weighted by Crippen LogP contribution is 2.18. The molecule has 5 heteroatoms. The highest BCUT2D eigenvalue weighted by molar-refractivity contribution is 5.80. The summed E-state index contributed by atoms with van der Waals surface area (Å²) in [5, 5.41) is 2.92. The largest absolute Gasteiger partial charge is 0.497 e. The second kappa shape index (κ2) is 9.70. The van der Waals surface area contributed by atoms with Crippen LogP contribution in [0, 0.1) is 0 Å². The molecule has 0 saturated heterocycles. The number of methoxy groups -OCH3 is 1. The molecule has 0 aliphatic carbocycles. The van der Waals surface area contributed by atoms with Crippen molar-refractivity contribution in [2.45, 2.75) is 33.4 Å². The molecule has 0 spiro atoms. The first-order valence-corrected chi connectivity index (χ1v) is 8.99. The molecule has 1 N–H and O–H groups in total. The van der Waals surface area contributed by atoms with E-state index in [0.717, 1.165) is 24.4 Å². The topological polar surface area (TPSA) is 50.8 Å². The van der Waals surface area contributed by atoms with Gasteiger partial charge in [-0.25, -0.2) is 0 Å². The van der Waals surface area contributed by atoms with Gasteiger partial charge in [-0.15, -0.1) is 0 Å². The van der Waals surface area contributed by atoms with Gasteiger partial charge in [0.15, 0.2) is 6.10 Å². The van der Waals surface area contributed by atoms with Gasteiger partial charge in [-0.1, -0.05) is 12.1 Å². The first-order chi connectivity index (χ1) is 12.6. The summed E-state index contributed by atoms with van der Waals surface area (Å²) < 4.78 is 10.8. The lowest BCUT2D eigenvalue weighted by molar-refractivity contribution is -0.127. The number of hydrogen-bond donors (Lipinski definition) is 1. The minimum atomic E-state index is -0.571. The summed E-state index contributed by atoms with van der Waals surface area (Å²) in [6.07, 6.45) is -0.571. The third kappa shape index (κ3) is 5.41. The number of rotatable bonds is 9. The number of nitrogens with zero attached hydrogens (tertiary/aromatic N) is 1. The molecule has 0 unspecified atom stereocenters. The van der Waals surface area contributed by atoms with E-state index in [0.29, 0.717) is 12.3 Å². The zero-order chi connectivity index (χ0) is 18.9. The molecule has 0 aliphatic heterocycles. The number of ether oxygens (including phenoxy) is 2. The van der Waals surface area contributed by atoms with Crippen LogP contribution in [0.15, 0.2) is 48.5 Å². The SMILES string of the molecule is CCN(CC)c1ccc(CNC(=O)[C@@H](C)Oc2ccc(OC)cc2)cc1. The maximum atomic E-state index is 12.2. The van der Waals surface area contributed by atoms with Crippen molar-refractivity contribution in [1.82, 2.24) is 5.32 Å². The smallest absolute Gasteiger partial charge is 0.261 e. The van der Waals surface area contributed by atoms with Gasteiger partial charge >= 0.3 is 0 Å². The number of carbonyl (C=O) groups is 1. The van der Waals surface area contributed by atoms with Gasteiger partial charge in [0, 0.05) is 25.3 Å². The molecule has 0 aromatic heterocycles. The second-order valence-electron chi connectivity index (χ2n) is 5.99. The fourth-order valence-electron chi connectivity index (χ4n) is 2.66. The van der Waals surface area contributed by atoms with Gasteiger partial charge in [0.2, 0.25) is 0 Å². The minimum Gasteiger partial charge on any atom is -0.497 e. The molecular formula is C21H28N2O3. The molecule has 1 atom stereocenters. The van der Waals surface area contributed by atoms with Crippen molar-refractivity contribution >= 4 is 11.6 Å². The Kier molecular flexibility index (Phi) is 7.33. The molecule has 2 aromatic rings. The molecule has 0 bridgehead atoms. The monoisotopic (exact) mass is 356 g/mol. The molecule has 0 aliphatic rings. The maximum Gasteiger partial charge on any atom is 0.261 e. The van der Waals surface area contributed by atoms with E-state index in [4.69, 9.17) is 9.47 Å². The van der Waals surface area contributed by atoms with E-state index in [2.05, 4.69) is 36.2 Å². The van der Waals surface area contributed by atoms with Crippen LogP contribution in [0.5, 0.6) is 11.5 Å². The third-order valence-corrected chi connectivity index (χ3v) is 4.27. The average molecular weight is 356 g/mol.